The molecule has 0 amide bonds. The number of hydrogen-bond acceptors (Lipinski definition) is 6. The molecule has 6 nitrogen and oxygen atoms in total. The van der Waals surface area contributed by atoms with Crippen LogP contribution >= 0.6 is 11.8 Å². The lowest BCUT2D eigenvalue weighted by Gasteiger charge is -2.05. The van der Waals surface area contributed by atoms with Gasteiger partial charge in [0.05, 0.1) is 0 Å². The van der Waals surface area contributed by atoms with Gasteiger partial charge in [0.1, 0.15) is 16.7 Å². The zero-order valence-electron chi connectivity index (χ0n) is 11.7. The Hall–Kier alpha value is -1.89. The van der Waals surface area contributed by atoms with E-state index in [-0.39, 0.29) is 5.56 Å². The van der Waals surface area contributed by atoms with Crippen molar-refractivity contribution in [1.82, 2.24) is 19.9 Å². The maximum Gasteiger partial charge on any atom is 0.251 e. The lowest BCUT2D eigenvalue weighted by Crippen LogP contribution is -2.10. The van der Waals surface area contributed by atoms with Crippen molar-refractivity contribution in [1.29, 1.82) is 0 Å². The summed E-state index contributed by atoms with van der Waals surface area (Å²) < 4.78 is 0. The van der Waals surface area contributed by atoms with E-state index in [2.05, 4.69) is 32.2 Å². The third kappa shape index (κ3) is 3.80. The average molecular weight is 291 g/mol. The molecule has 2 heterocycles. The molecule has 0 fully saturated rings. The molecule has 0 saturated heterocycles. The van der Waals surface area contributed by atoms with Crippen LogP contribution in [-0.4, -0.2) is 27.0 Å². The van der Waals surface area contributed by atoms with Crippen LogP contribution in [0.15, 0.2) is 27.1 Å². The molecule has 20 heavy (non-hydrogen) atoms. The second-order valence-corrected chi connectivity index (χ2v) is 5.29. The minimum atomic E-state index is -0.134. The van der Waals surface area contributed by atoms with Crippen LogP contribution in [0, 0.1) is 6.92 Å². The Labute approximate surface area is 121 Å². The normalized spacial score (nSPS) is 10.6. The maximum absolute atomic E-state index is 11.6. The van der Waals surface area contributed by atoms with Crippen LogP contribution in [-0.2, 0) is 6.42 Å². The number of aromatic nitrogens is 4. The molecule has 0 saturated carbocycles. The third-order valence-corrected chi connectivity index (χ3v) is 3.36. The molecule has 2 rings (SSSR count). The molecule has 0 aliphatic carbocycles. The van der Waals surface area contributed by atoms with E-state index in [1.807, 2.05) is 13.0 Å². The van der Waals surface area contributed by atoms with Crippen molar-refractivity contribution >= 4 is 17.6 Å². The van der Waals surface area contributed by atoms with Crippen LogP contribution in [0.25, 0.3) is 0 Å². The monoisotopic (exact) mass is 291 g/mol. The molecule has 0 atom stereocenters. The summed E-state index contributed by atoms with van der Waals surface area (Å²) in [6, 6.07) is 3.36. The fourth-order valence-electron chi connectivity index (χ4n) is 1.74. The zero-order chi connectivity index (χ0) is 14.5. The van der Waals surface area contributed by atoms with Gasteiger partial charge < -0.3 is 10.3 Å². The molecule has 0 bridgehead atoms. The SMILES string of the molecule is CCCc1cc(=O)[nH]c(Sc2cc(NC)nc(C)n2)n1. The van der Waals surface area contributed by atoms with Crippen molar-refractivity contribution in [2.24, 2.45) is 0 Å². The van der Waals surface area contributed by atoms with E-state index in [0.29, 0.717) is 11.0 Å². The largest absolute Gasteiger partial charge is 0.373 e. The van der Waals surface area contributed by atoms with E-state index in [9.17, 15) is 4.79 Å². The third-order valence-electron chi connectivity index (χ3n) is 2.55. The standard InChI is InChI=1S/C13H17N5OS/c1-4-5-9-6-11(19)18-13(17-9)20-12-7-10(14-3)15-8(2)16-12/h6-7H,4-5H2,1-3H3,(H,14,15,16)(H,17,18,19). The Bertz CT molecular complexity index is 655. The van der Waals surface area contributed by atoms with Crippen molar-refractivity contribution < 1.29 is 0 Å². The highest BCUT2D eigenvalue weighted by atomic mass is 32.2. The van der Waals surface area contributed by atoms with Crippen molar-refractivity contribution in [3.63, 3.8) is 0 Å². The van der Waals surface area contributed by atoms with Crippen molar-refractivity contribution in [3.05, 3.63) is 34.0 Å². The predicted octanol–water partition coefficient (Wildman–Crippen LogP) is 2.01. The Morgan fingerprint density at radius 2 is 2.10 bits per heavy atom. The first-order valence-corrected chi connectivity index (χ1v) is 7.24. The second kappa shape index (κ2) is 6.51. The summed E-state index contributed by atoms with van der Waals surface area (Å²) in [5.74, 6) is 1.42. The molecular weight excluding hydrogens is 274 g/mol. The van der Waals surface area contributed by atoms with Gasteiger partial charge in [0.15, 0.2) is 5.16 Å². The number of nitrogens with zero attached hydrogens (tertiary/aromatic N) is 3. The fourth-order valence-corrected chi connectivity index (χ4v) is 2.60. The van der Waals surface area contributed by atoms with Crippen LogP contribution < -0.4 is 10.9 Å². The molecule has 0 aliphatic heterocycles. The van der Waals surface area contributed by atoms with Gasteiger partial charge in [0.2, 0.25) is 0 Å². The number of rotatable bonds is 5. The first kappa shape index (κ1) is 14.5. The molecule has 2 aromatic rings. The molecule has 0 spiro atoms. The Kier molecular flexibility index (Phi) is 4.73. The topological polar surface area (TPSA) is 83.6 Å². The maximum atomic E-state index is 11.6. The molecule has 2 aromatic heterocycles. The summed E-state index contributed by atoms with van der Waals surface area (Å²) >= 11 is 1.33. The average Bonchev–Trinajstić information content (AvgIpc) is 2.37. The number of hydrogen-bond donors (Lipinski definition) is 2. The number of H-pyrrole nitrogens is 1. The second-order valence-electron chi connectivity index (χ2n) is 4.28. The summed E-state index contributed by atoms with van der Waals surface area (Å²) in [6.07, 6.45) is 1.75. The first-order valence-electron chi connectivity index (χ1n) is 6.42. The van der Waals surface area contributed by atoms with Gasteiger partial charge in [-0.15, -0.1) is 0 Å². The van der Waals surface area contributed by atoms with Crippen LogP contribution in [0.4, 0.5) is 5.82 Å². The van der Waals surface area contributed by atoms with Gasteiger partial charge in [-0.25, -0.2) is 15.0 Å². The zero-order valence-corrected chi connectivity index (χ0v) is 12.5. The van der Waals surface area contributed by atoms with Gasteiger partial charge >= 0.3 is 0 Å². The van der Waals surface area contributed by atoms with Crippen molar-refractivity contribution in [2.45, 2.75) is 36.9 Å². The summed E-state index contributed by atoms with van der Waals surface area (Å²) in [4.78, 5) is 27.3. The molecule has 0 radical (unpaired) electrons. The molecule has 0 aliphatic rings. The van der Waals surface area contributed by atoms with E-state index < -0.39 is 0 Å². The lowest BCUT2D eigenvalue weighted by molar-refractivity contribution is 0.814. The number of aromatic amines is 1. The van der Waals surface area contributed by atoms with Crippen LogP contribution in [0.5, 0.6) is 0 Å². The van der Waals surface area contributed by atoms with E-state index in [1.165, 1.54) is 17.8 Å². The van der Waals surface area contributed by atoms with E-state index in [1.54, 1.807) is 7.05 Å². The minimum Gasteiger partial charge on any atom is -0.373 e. The van der Waals surface area contributed by atoms with Gasteiger partial charge in [-0.1, -0.05) is 13.3 Å². The first-order chi connectivity index (χ1) is 9.60. The van der Waals surface area contributed by atoms with Gasteiger partial charge in [-0.2, -0.15) is 0 Å². The quantitative estimate of drug-likeness (QED) is 0.647. The summed E-state index contributed by atoms with van der Waals surface area (Å²) in [7, 11) is 1.80. The van der Waals surface area contributed by atoms with E-state index in [0.717, 1.165) is 29.4 Å². The summed E-state index contributed by atoms with van der Waals surface area (Å²) in [5, 5.41) is 4.29. The van der Waals surface area contributed by atoms with Crippen LogP contribution in [0.1, 0.15) is 24.9 Å². The van der Waals surface area contributed by atoms with Crippen molar-refractivity contribution in [3.8, 4) is 0 Å². The van der Waals surface area contributed by atoms with Gasteiger partial charge in [-0.3, -0.25) is 4.79 Å². The highest BCUT2D eigenvalue weighted by molar-refractivity contribution is 7.99. The molecule has 106 valence electrons. The highest BCUT2D eigenvalue weighted by Gasteiger charge is 2.07. The Morgan fingerprint density at radius 1 is 1.30 bits per heavy atom. The lowest BCUT2D eigenvalue weighted by atomic mass is 10.2. The minimum absolute atomic E-state index is 0.134. The van der Waals surface area contributed by atoms with Crippen LogP contribution in [0.3, 0.4) is 0 Å². The van der Waals surface area contributed by atoms with Gasteiger partial charge in [0, 0.05) is 24.9 Å². The summed E-state index contributed by atoms with van der Waals surface area (Å²) in [6.45, 7) is 3.89. The fraction of sp³-hybridized carbons (Fsp3) is 0.385. The summed E-state index contributed by atoms with van der Waals surface area (Å²) in [5.41, 5.74) is 0.670. The van der Waals surface area contributed by atoms with E-state index in [4.69, 9.17) is 0 Å². The number of nitrogens with one attached hydrogen (secondary N) is 2. The van der Waals surface area contributed by atoms with Crippen molar-refractivity contribution in [2.75, 3.05) is 12.4 Å². The molecule has 0 unspecified atom stereocenters. The number of anilines is 1. The number of aryl methyl sites for hydroxylation is 2. The Morgan fingerprint density at radius 3 is 2.80 bits per heavy atom. The molecular formula is C13H17N5OS. The highest BCUT2D eigenvalue weighted by Crippen LogP contribution is 2.23. The van der Waals surface area contributed by atoms with E-state index >= 15 is 0 Å². The molecule has 0 aromatic carbocycles. The van der Waals surface area contributed by atoms with Crippen LogP contribution in [0.2, 0.25) is 0 Å². The molecule has 2 N–H and O–H groups in total. The molecule has 7 heteroatoms. The van der Waals surface area contributed by atoms with Gasteiger partial charge in [0.25, 0.3) is 5.56 Å². The predicted molar refractivity (Wildman–Crippen MR) is 79.3 cm³/mol. The van der Waals surface area contributed by atoms with Gasteiger partial charge in [-0.05, 0) is 25.1 Å². The Balaban J connectivity index is 2.29. The smallest absolute Gasteiger partial charge is 0.251 e.